The minimum atomic E-state index is -4.49. The summed E-state index contributed by atoms with van der Waals surface area (Å²) in [5, 5.41) is 0. The van der Waals surface area contributed by atoms with E-state index in [0.717, 1.165) is 24.1 Å². The van der Waals surface area contributed by atoms with Gasteiger partial charge in [0.15, 0.2) is 0 Å². The summed E-state index contributed by atoms with van der Waals surface area (Å²) in [4.78, 5) is 14.5. The number of benzene rings is 2. The second-order valence-corrected chi connectivity index (χ2v) is 6.34. The summed E-state index contributed by atoms with van der Waals surface area (Å²) in [7, 11) is 3.08. The molecule has 0 bridgehead atoms. The Bertz CT molecular complexity index is 835. The molecule has 1 aliphatic rings. The van der Waals surface area contributed by atoms with Gasteiger partial charge in [0, 0.05) is 23.7 Å². The monoisotopic (exact) mass is 379 g/mol. The lowest BCUT2D eigenvalue weighted by Gasteiger charge is -2.27. The van der Waals surface area contributed by atoms with E-state index >= 15 is 0 Å². The molecule has 1 saturated heterocycles. The highest BCUT2D eigenvalue weighted by molar-refractivity contribution is 5.95. The van der Waals surface area contributed by atoms with Gasteiger partial charge in [0.25, 0.3) is 5.91 Å². The van der Waals surface area contributed by atoms with Gasteiger partial charge in [-0.25, -0.2) is 0 Å². The molecule has 7 heteroatoms. The largest absolute Gasteiger partial charge is 0.497 e. The molecule has 0 spiro atoms. The maximum Gasteiger partial charge on any atom is 0.416 e. The van der Waals surface area contributed by atoms with Crippen molar-refractivity contribution in [2.75, 3.05) is 20.8 Å². The first-order valence-corrected chi connectivity index (χ1v) is 8.55. The van der Waals surface area contributed by atoms with Gasteiger partial charge in [0.1, 0.15) is 11.5 Å². The highest BCUT2D eigenvalue weighted by Crippen LogP contribution is 2.39. The van der Waals surface area contributed by atoms with Crippen LogP contribution in [0.3, 0.4) is 0 Å². The van der Waals surface area contributed by atoms with Crippen molar-refractivity contribution in [2.45, 2.75) is 25.1 Å². The van der Waals surface area contributed by atoms with Crippen LogP contribution in [0.4, 0.5) is 13.2 Å². The number of nitrogens with zero attached hydrogens (tertiary/aromatic N) is 1. The maximum atomic E-state index is 13.0. The van der Waals surface area contributed by atoms with Crippen LogP contribution >= 0.6 is 0 Å². The first-order chi connectivity index (χ1) is 12.8. The molecule has 1 heterocycles. The van der Waals surface area contributed by atoms with E-state index in [9.17, 15) is 18.0 Å². The van der Waals surface area contributed by atoms with E-state index in [-0.39, 0.29) is 11.6 Å². The number of alkyl halides is 3. The molecule has 0 radical (unpaired) electrons. The third kappa shape index (κ3) is 3.86. The van der Waals surface area contributed by atoms with E-state index in [2.05, 4.69) is 0 Å². The summed E-state index contributed by atoms with van der Waals surface area (Å²) in [6.45, 7) is 0.481. The van der Waals surface area contributed by atoms with Crippen LogP contribution in [0.25, 0.3) is 0 Å². The Morgan fingerprint density at radius 1 is 1.11 bits per heavy atom. The number of ether oxygens (including phenoxy) is 2. The third-order valence-electron chi connectivity index (χ3n) is 4.75. The van der Waals surface area contributed by atoms with Crippen LogP contribution in [-0.2, 0) is 6.18 Å². The van der Waals surface area contributed by atoms with E-state index in [1.165, 1.54) is 19.2 Å². The van der Waals surface area contributed by atoms with Crippen LogP contribution in [0.2, 0.25) is 0 Å². The molecule has 0 aromatic heterocycles. The van der Waals surface area contributed by atoms with Gasteiger partial charge in [-0.1, -0.05) is 6.07 Å². The number of likely N-dealkylation sites (tertiary alicyclic amines) is 1. The summed E-state index contributed by atoms with van der Waals surface area (Å²) >= 11 is 0. The Kier molecular flexibility index (Phi) is 5.30. The van der Waals surface area contributed by atoms with Gasteiger partial charge in [-0.15, -0.1) is 0 Å². The summed E-state index contributed by atoms with van der Waals surface area (Å²) < 4.78 is 49.5. The average molecular weight is 379 g/mol. The number of methoxy groups -OCH3 is 2. The van der Waals surface area contributed by atoms with Gasteiger partial charge in [-0.3, -0.25) is 4.79 Å². The fourth-order valence-corrected chi connectivity index (χ4v) is 3.42. The van der Waals surface area contributed by atoms with E-state index in [0.29, 0.717) is 24.5 Å². The van der Waals surface area contributed by atoms with Crippen molar-refractivity contribution < 1.29 is 27.4 Å². The number of carbonyl (C=O) groups is 1. The van der Waals surface area contributed by atoms with Crippen molar-refractivity contribution in [1.82, 2.24) is 4.90 Å². The molecule has 4 nitrogen and oxygen atoms in total. The standard InChI is InChI=1S/C20H20F3NO3/c1-26-15-8-9-16(18(12-15)27-2)17-7-4-10-24(17)19(25)13-5-3-6-14(11-13)20(21,22)23/h3,5-6,8-9,11-12,17H,4,7,10H2,1-2H3/t17-/m1/s1. The second-order valence-electron chi connectivity index (χ2n) is 6.34. The fourth-order valence-electron chi connectivity index (χ4n) is 3.42. The van der Waals surface area contributed by atoms with Crippen molar-refractivity contribution in [3.05, 3.63) is 59.2 Å². The van der Waals surface area contributed by atoms with Crippen LogP contribution < -0.4 is 9.47 Å². The molecule has 0 unspecified atom stereocenters. The molecule has 1 fully saturated rings. The first-order valence-electron chi connectivity index (χ1n) is 8.55. The van der Waals surface area contributed by atoms with Crippen molar-refractivity contribution in [3.8, 4) is 11.5 Å². The lowest BCUT2D eigenvalue weighted by Crippen LogP contribution is -2.31. The number of hydrogen-bond donors (Lipinski definition) is 0. The first kappa shape index (κ1) is 19.1. The summed E-state index contributed by atoms with van der Waals surface area (Å²) in [5.41, 5.74) is 0.0199. The van der Waals surface area contributed by atoms with Crippen LogP contribution in [0.1, 0.15) is 40.4 Å². The molecule has 1 aliphatic heterocycles. The van der Waals surface area contributed by atoms with Crippen LogP contribution in [0, 0.1) is 0 Å². The Hall–Kier alpha value is -2.70. The molecule has 0 saturated carbocycles. The lowest BCUT2D eigenvalue weighted by molar-refractivity contribution is -0.137. The predicted octanol–water partition coefficient (Wildman–Crippen LogP) is 4.70. The molecule has 0 aliphatic carbocycles. The van der Waals surface area contributed by atoms with Gasteiger partial charge < -0.3 is 14.4 Å². The molecule has 3 rings (SSSR count). The Morgan fingerprint density at radius 2 is 1.89 bits per heavy atom. The summed E-state index contributed by atoms with van der Waals surface area (Å²) in [5.74, 6) is 0.800. The molecule has 0 N–H and O–H groups in total. The van der Waals surface area contributed by atoms with Crippen LogP contribution in [0.15, 0.2) is 42.5 Å². The highest BCUT2D eigenvalue weighted by atomic mass is 19.4. The highest BCUT2D eigenvalue weighted by Gasteiger charge is 2.35. The quantitative estimate of drug-likeness (QED) is 0.773. The van der Waals surface area contributed by atoms with Crippen LogP contribution in [0.5, 0.6) is 11.5 Å². The van der Waals surface area contributed by atoms with Crippen molar-refractivity contribution in [2.24, 2.45) is 0 Å². The SMILES string of the molecule is COc1ccc([C@H]2CCCN2C(=O)c2cccc(C(F)(F)F)c2)c(OC)c1. The molecule has 1 atom stereocenters. The van der Waals surface area contributed by atoms with Crippen molar-refractivity contribution in [3.63, 3.8) is 0 Å². The van der Waals surface area contributed by atoms with Crippen molar-refractivity contribution >= 4 is 5.91 Å². The van der Waals surface area contributed by atoms with Gasteiger partial charge in [0.05, 0.1) is 25.8 Å². The van der Waals surface area contributed by atoms with Gasteiger partial charge in [-0.05, 0) is 43.2 Å². The minimum Gasteiger partial charge on any atom is -0.497 e. The normalized spacial score (nSPS) is 17.1. The number of rotatable bonds is 4. The molecule has 2 aromatic carbocycles. The summed E-state index contributed by atoms with van der Waals surface area (Å²) in [6, 6.07) is 9.64. The van der Waals surface area contributed by atoms with Crippen molar-refractivity contribution in [1.29, 1.82) is 0 Å². The van der Waals surface area contributed by atoms with Crippen LogP contribution in [-0.4, -0.2) is 31.6 Å². The Morgan fingerprint density at radius 3 is 2.56 bits per heavy atom. The van der Waals surface area contributed by atoms with Gasteiger partial charge in [-0.2, -0.15) is 13.2 Å². The fraction of sp³-hybridized carbons (Fsp3) is 0.350. The molecule has 144 valence electrons. The zero-order valence-electron chi connectivity index (χ0n) is 15.0. The van der Waals surface area contributed by atoms with E-state index < -0.39 is 17.6 Å². The van der Waals surface area contributed by atoms with E-state index in [1.54, 1.807) is 24.1 Å². The number of hydrogen-bond acceptors (Lipinski definition) is 3. The minimum absolute atomic E-state index is 0.0317. The predicted molar refractivity (Wildman–Crippen MR) is 94.0 cm³/mol. The second kappa shape index (κ2) is 7.50. The topological polar surface area (TPSA) is 38.8 Å². The smallest absolute Gasteiger partial charge is 0.416 e. The maximum absolute atomic E-state index is 13.0. The van der Waals surface area contributed by atoms with E-state index in [4.69, 9.17) is 9.47 Å². The zero-order chi connectivity index (χ0) is 19.6. The van der Waals surface area contributed by atoms with Gasteiger partial charge in [0.2, 0.25) is 0 Å². The zero-order valence-corrected chi connectivity index (χ0v) is 15.0. The lowest BCUT2D eigenvalue weighted by atomic mass is 10.0. The average Bonchev–Trinajstić information content (AvgIpc) is 3.15. The Labute approximate surface area is 155 Å². The van der Waals surface area contributed by atoms with E-state index in [1.807, 2.05) is 6.07 Å². The molecular formula is C20H20F3NO3. The molecule has 27 heavy (non-hydrogen) atoms. The number of carbonyl (C=O) groups excluding carboxylic acids is 1. The summed E-state index contributed by atoms with van der Waals surface area (Å²) in [6.07, 6.45) is -3.00. The molecule has 2 aromatic rings. The Balaban J connectivity index is 1.92. The number of halogens is 3. The number of amides is 1. The van der Waals surface area contributed by atoms with Gasteiger partial charge >= 0.3 is 6.18 Å². The molecule has 1 amide bonds. The third-order valence-corrected chi connectivity index (χ3v) is 4.75. The molecular weight excluding hydrogens is 359 g/mol.